The van der Waals surface area contributed by atoms with Gasteiger partial charge in [0.05, 0.1) is 13.2 Å². The van der Waals surface area contributed by atoms with Crippen LogP contribution >= 0.6 is 12.4 Å². The summed E-state index contributed by atoms with van der Waals surface area (Å²) in [6.07, 6.45) is 1.81. The number of phenols is 1. The van der Waals surface area contributed by atoms with Gasteiger partial charge in [-0.25, -0.2) is 0 Å². The fraction of sp³-hybridized carbons (Fsp3) is 0.286. The summed E-state index contributed by atoms with van der Waals surface area (Å²) in [6.45, 7) is 2.51. The maximum atomic E-state index is 10.6. The smallest absolute Gasteiger partial charge is 0.141 e. The quantitative estimate of drug-likeness (QED) is 0.576. The Labute approximate surface area is 165 Å². The normalized spacial score (nSPS) is 13.0. The van der Waals surface area contributed by atoms with Crippen LogP contribution in [0.5, 0.6) is 11.5 Å². The molecule has 0 aliphatic rings. The third kappa shape index (κ3) is 5.10. The van der Waals surface area contributed by atoms with E-state index in [2.05, 4.69) is 17.2 Å². The van der Waals surface area contributed by atoms with Crippen LogP contribution in [0.4, 0.5) is 0 Å². The Hall–Kier alpha value is -2.34. The largest absolute Gasteiger partial charge is 0.506 e. The molecular weight excluding hydrogens is 364 g/mol. The maximum Gasteiger partial charge on any atom is 0.141 e. The maximum absolute atomic E-state index is 10.6. The van der Waals surface area contributed by atoms with E-state index >= 15 is 0 Å². The van der Waals surface area contributed by atoms with E-state index in [1.807, 2.05) is 30.3 Å². The lowest BCUT2D eigenvalue weighted by Gasteiger charge is -2.19. The molecule has 0 spiro atoms. The van der Waals surface area contributed by atoms with Crippen LogP contribution in [0.3, 0.4) is 0 Å². The van der Waals surface area contributed by atoms with Crippen molar-refractivity contribution in [3.05, 3.63) is 65.9 Å². The van der Waals surface area contributed by atoms with Crippen LogP contribution in [0.1, 0.15) is 24.2 Å². The van der Waals surface area contributed by atoms with Crippen LogP contribution in [0.25, 0.3) is 10.9 Å². The molecular formula is C21H25ClN2O3. The lowest BCUT2D eigenvalue weighted by Crippen LogP contribution is -2.32. The number of pyridine rings is 1. The highest BCUT2D eigenvalue weighted by Gasteiger charge is 2.15. The zero-order valence-corrected chi connectivity index (χ0v) is 16.2. The predicted molar refractivity (Wildman–Crippen MR) is 110 cm³/mol. The molecule has 0 aliphatic carbocycles. The van der Waals surface area contributed by atoms with Crippen molar-refractivity contribution >= 4 is 23.3 Å². The Kier molecular flexibility index (Phi) is 7.42. The first-order chi connectivity index (χ1) is 12.6. The van der Waals surface area contributed by atoms with Gasteiger partial charge in [0.15, 0.2) is 0 Å². The Morgan fingerprint density at radius 3 is 2.56 bits per heavy atom. The third-order valence-corrected chi connectivity index (χ3v) is 4.50. The molecule has 0 radical (unpaired) electrons. The van der Waals surface area contributed by atoms with Gasteiger partial charge in [-0.3, -0.25) is 4.98 Å². The number of nitrogens with one attached hydrogen (secondary N) is 1. The monoisotopic (exact) mass is 388 g/mol. The average Bonchev–Trinajstić information content (AvgIpc) is 2.67. The van der Waals surface area contributed by atoms with Crippen molar-refractivity contribution in [1.29, 1.82) is 0 Å². The van der Waals surface area contributed by atoms with Gasteiger partial charge in [-0.05, 0) is 48.7 Å². The Morgan fingerprint density at radius 2 is 1.85 bits per heavy atom. The van der Waals surface area contributed by atoms with E-state index in [-0.39, 0.29) is 24.2 Å². The summed E-state index contributed by atoms with van der Waals surface area (Å²) < 4.78 is 5.17. The molecule has 2 aromatic carbocycles. The van der Waals surface area contributed by atoms with Crippen LogP contribution in [0.2, 0.25) is 0 Å². The van der Waals surface area contributed by atoms with Gasteiger partial charge >= 0.3 is 0 Å². The molecule has 0 fully saturated rings. The molecule has 5 nitrogen and oxygen atoms in total. The molecule has 0 aliphatic heterocycles. The molecule has 6 heteroatoms. The second kappa shape index (κ2) is 9.55. The summed E-state index contributed by atoms with van der Waals surface area (Å²) in [5.41, 5.74) is 2.48. The van der Waals surface area contributed by atoms with E-state index in [0.717, 1.165) is 23.1 Å². The summed E-state index contributed by atoms with van der Waals surface area (Å²) in [4.78, 5) is 4.20. The van der Waals surface area contributed by atoms with Gasteiger partial charge in [0.2, 0.25) is 0 Å². The summed E-state index contributed by atoms with van der Waals surface area (Å²) in [5, 5.41) is 24.7. The first-order valence-corrected chi connectivity index (χ1v) is 8.69. The van der Waals surface area contributed by atoms with Crippen molar-refractivity contribution in [2.75, 3.05) is 13.7 Å². The molecule has 0 saturated carbocycles. The second-order valence-corrected chi connectivity index (χ2v) is 6.45. The Morgan fingerprint density at radius 1 is 1.11 bits per heavy atom. The van der Waals surface area contributed by atoms with Crippen molar-refractivity contribution in [2.45, 2.75) is 25.5 Å². The van der Waals surface area contributed by atoms with Gasteiger partial charge in [-0.2, -0.15) is 0 Å². The summed E-state index contributed by atoms with van der Waals surface area (Å²) >= 11 is 0. The van der Waals surface area contributed by atoms with E-state index in [1.165, 1.54) is 5.56 Å². The van der Waals surface area contributed by atoms with Gasteiger partial charge in [-0.1, -0.05) is 24.3 Å². The predicted octanol–water partition coefficient (Wildman–Crippen LogP) is 3.63. The number of aromatic nitrogens is 1. The number of phenolic OH excluding ortho intramolecular Hbond substituents is 1. The Bertz CT molecular complexity index is 871. The molecule has 3 aromatic rings. The summed E-state index contributed by atoms with van der Waals surface area (Å²) in [5.74, 6) is 0.968. The molecule has 27 heavy (non-hydrogen) atoms. The third-order valence-electron chi connectivity index (χ3n) is 4.50. The fourth-order valence-electron chi connectivity index (χ4n) is 3.08. The average molecular weight is 389 g/mol. The van der Waals surface area contributed by atoms with Crippen LogP contribution in [0, 0.1) is 0 Å². The molecule has 3 rings (SSSR count). The van der Waals surface area contributed by atoms with Gasteiger partial charge < -0.3 is 20.3 Å². The number of benzene rings is 2. The van der Waals surface area contributed by atoms with Crippen LogP contribution in [-0.4, -0.2) is 34.9 Å². The van der Waals surface area contributed by atoms with E-state index in [0.29, 0.717) is 12.1 Å². The zero-order chi connectivity index (χ0) is 18.5. The molecule has 1 heterocycles. The van der Waals surface area contributed by atoms with Gasteiger partial charge in [0.1, 0.15) is 17.0 Å². The topological polar surface area (TPSA) is 74.6 Å². The number of nitrogens with zero attached hydrogens (tertiary/aromatic N) is 1. The van der Waals surface area contributed by atoms with E-state index < -0.39 is 6.10 Å². The van der Waals surface area contributed by atoms with E-state index in [1.54, 1.807) is 31.5 Å². The highest BCUT2D eigenvalue weighted by Crippen LogP contribution is 2.29. The molecule has 3 N–H and O–H groups in total. The zero-order valence-electron chi connectivity index (χ0n) is 15.4. The van der Waals surface area contributed by atoms with E-state index in [4.69, 9.17) is 4.74 Å². The molecule has 0 bridgehead atoms. The molecule has 0 saturated heterocycles. The number of halogens is 1. The number of hydrogen-bond donors (Lipinski definition) is 3. The minimum Gasteiger partial charge on any atom is -0.506 e. The number of aliphatic hydroxyl groups is 1. The van der Waals surface area contributed by atoms with Crippen molar-refractivity contribution < 1.29 is 14.9 Å². The molecule has 0 amide bonds. The van der Waals surface area contributed by atoms with Crippen molar-refractivity contribution in [3.8, 4) is 11.5 Å². The number of ether oxygens (including phenoxy) is 1. The molecule has 2 atom stereocenters. The standard InChI is InChI=1S/C21H24N2O3.ClH/c1-14(12-15-5-7-16(26-2)8-6-15)23-13-20(25)17-9-10-19(24)21-18(17)4-3-11-22-21;/h3-11,14,20,23-25H,12-13H2,1-2H3;1H/t14-,20+;/m1./s1. The number of fused-ring (bicyclic) bond motifs is 1. The number of hydrogen-bond acceptors (Lipinski definition) is 5. The van der Waals surface area contributed by atoms with E-state index in [9.17, 15) is 10.2 Å². The molecule has 0 unspecified atom stereocenters. The highest BCUT2D eigenvalue weighted by atomic mass is 35.5. The first kappa shape index (κ1) is 21.0. The lowest BCUT2D eigenvalue weighted by molar-refractivity contribution is 0.172. The fourth-order valence-corrected chi connectivity index (χ4v) is 3.08. The number of aliphatic hydroxyl groups excluding tert-OH is 1. The summed E-state index contributed by atoms with van der Waals surface area (Å²) in [7, 11) is 1.66. The molecule has 144 valence electrons. The lowest BCUT2D eigenvalue weighted by atomic mass is 10.0. The number of aromatic hydroxyl groups is 1. The van der Waals surface area contributed by atoms with Crippen LogP contribution in [-0.2, 0) is 6.42 Å². The number of methoxy groups -OCH3 is 1. The van der Waals surface area contributed by atoms with Gasteiger partial charge in [0.25, 0.3) is 0 Å². The minimum absolute atomic E-state index is 0. The highest BCUT2D eigenvalue weighted by molar-refractivity contribution is 5.87. The summed E-state index contributed by atoms with van der Waals surface area (Å²) in [6, 6.07) is 15.2. The van der Waals surface area contributed by atoms with Crippen molar-refractivity contribution in [1.82, 2.24) is 10.3 Å². The van der Waals surface area contributed by atoms with Crippen LogP contribution in [0.15, 0.2) is 54.7 Å². The second-order valence-electron chi connectivity index (χ2n) is 6.45. The SMILES string of the molecule is COc1ccc(C[C@@H](C)NC[C@H](O)c2ccc(O)c3ncccc23)cc1.Cl. The van der Waals surface area contributed by atoms with Crippen LogP contribution < -0.4 is 10.1 Å². The van der Waals surface area contributed by atoms with Crippen molar-refractivity contribution in [2.24, 2.45) is 0 Å². The Balaban J connectivity index is 0.00000261. The minimum atomic E-state index is -0.680. The van der Waals surface area contributed by atoms with Gasteiger partial charge in [-0.15, -0.1) is 12.4 Å². The van der Waals surface area contributed by atoms with Gasteiger partial charge in [0, 0.05) is 24.2 Å². The number of rotatable bonds is 7. The molecule has 1 aromatic heterocycles. The van der Waals surface area contributed by atoms with Crippen molar-refractivity contribution in [3.63, 3.8) is 0 Å². The first-order valence-electron chi connectivity index (χ1n) is 8.69.